The summed E-state index contributed by atoms with van der Waals surface area (Å²) in [6.45, 7) is 6.03. The third kappa shape index (κ3) is 3.63. The van der Waals surface area contributed by atoms with Gasteiger partial charge in [0.2, 0.25) is 0 Å². The average molecular weight is 392 g/mol. The highest BCUT2D eigenvalue weighted by atomic mass is 16.5. The number of benzene rings is 2. The molecule has 0 unspecified atom stereocenters. The predicted molar refractivity (Wildman–Crippen MR) is 110 cm³/mol. The van der Waals surface area contributed by atoms with Gasteiger partial charge in [-0.25, -0.2) is 4.90 Å². The lowest BCUT2D eigenvalue weighted by Gasteiger charge is -2.29. The third-order valence-electron chi connectivity index (χ3n) is 4.92. The molecule has 4 rings (SSSR count). The monoisotopic (exact) mass is 392 g/mol. The molecule has 150 valence electrons. The summed E-state index contributed by atoms with van der Waals surface area (Å²) in [6.07, 6.45) is -0.0794. The zero-order valence-electron chi connectivity index (χ0n) is 16.6. The van der Waals surface area contributed by atoms with E-state index in [1.165, 1.54) is 4.90 Å². The van der Waals surface area contributed by atoms with E-state index in [1.807, 2.05) is 55.1 Å². The van der Waals surface area contributed by atoms with Gasteiger partial charge in [-0.05, 0) is 31.5 Å². The molecule has 0 saturated carbocycles. The molecule has 6 nitrogen and oxygen atoms in total. The predicted octanol–water partition coefficient (Wildman–Crippen LogP) is 3.09. The fourth-order valence-corrected chi connectivity index (χ4v) is 3.68. The summed E-state index contributed by atoms with van der Waals surface area (Å²) < 4.78 is 11.3. The second-order valence-corrected chi connectivity index (χ2v) is 7.27. The van der Waals surface area contributed by atoms with Crippen molar-refractivity contribution < 1.29 is 19.1 Å². The fourth-order valence-electron chi connectivity index (χ4n) is 3.68. The summed E-state index contributed by atoms with van der Waals surface area (Å²) in [7, 11) is 0. The number of carbonyl (C=O) groups excluding carboxylic acids is 2. The third-order valence-corrected chi connectivity index (χ3v) is 4.92. The summed E-state index contributed by atoms with van der Waals surface area (Å²) in [5.74, 6) is -0.141. The molecule has 2 heterocycles. The topological polar surface area (TPSA) is 59.1 Å². The Hall–Kier alpha value is -3.12. The number of nitrogens with zero attached hydrogens (tertiary/aromatic N) is 2. The van der Waals surface area contributed by atoms with Gasteiger partial charge in [0.25, 0.3) is 11.8 Å². The van der Waals surface area contributed by atoms with Crippen LogP contribution in [0, 0.1) is 0 Å². The zero-order chi connectivity index (χ0) is 20.4. The van der Waals surface area contributed by atoms with E-state index >= 15 is 0 Å². The van der Waals surface area contributed by atoms with Crippen LogP contribution < -0.4 is 9.64 Å². The Morgan fingerprint density at radius 1 is 0.897 bits per heavy atom. The Morgan fingerprint density at radius 3 is 2.24 bits per heavy atom. The Labute approximate surface area is 170 Å². The first kappa shape index (κ1) is 19.2. The van der Waals surface area contributed by atoms with Crippen molar-refractivity contribution in [3.63, 3.8) is 0 Å². The van der Waals surface area contributed by atoms with Crippen molar-refractivity contribution >= 4 is 23.1 Å². The summed E-state index contributed by atoms with van der Waals surface area (Å²) in [5.41, 5.74) is 2.06. The van der Waals surface area contributed by atoms with Crippen molar-refractivity contribution in [2.45, 2.75) is 20.0 Å². The van der Waals surface area contributed by atoms with E-state index in [1.54, 1.807) is 18.2 Å². The van der Waals surface area contributed by atoms with Crippen molar-refractivity contribution in [2.75, 3.05) is 31.2 Å². The molecule has 1 fully saturated rings. The Bertz CT molecular complexity index is 946. The van der Waals surface area contributed by atoms with Crippen LogP contribution in [-0.4, -0.2) is 49.1 Å². The lowest BCUT2D eigenvalue weighted by atomic mass is 10.0. The van der Waals surface area contributed by atoms with E-state index in [0.717, 1.165) is 5.56 Å². The van der Waals surface area contributed by atoms with E-state index in [0.29, 0.717) is 49.0 Å². The molecular weight excluding hydrogens is 368 g/mol. The van der Waals surface area contributed by atoms with Crippen LogP contribution in [0.25, 0.3) is 5.57 Å². The molecule has 0 radical (unpaired) electrons. The number of carbonyl (C=O) groups is 2. The molecule has 2 aliphatic heterocycles. The number of imide groups is 1. The molecule has 1 saturated heterocycles. The van der Waals surface area contributed by atoms with Crippen LogP contribution in [0.3, 0.4) is 0 Å². The molecule has 0 N–H and O–H groups in total. The number of para-hydroxylation sites is 2. The molecule has 29 heavy (non-hydrogen) atoms. The van der Waals surface area contributed by atoms with Crippen LogP contribution >= 0.6 is 0 Å². The number of hydrogen-bond acceptors (Lipinski definition) is 5. The minimum atomic E-state index is -0.331. The number of rotatable bonds is 5. The maximum absolute atomic E-state index is 13.5. The summed E-state index contributed by atoms with van der Waals surface area (Å²) in [6, 6.07) is 16.5. The van der Waals surface area contributed by atoms with Gasteiger partial charge in [-0.15, -0.1) is 0 Å². The number of amides is 2. The minimum Gasteiger partial charge on any atom is -0.489 e. The lowest BCUT2D eigenvalue weighted by Crippen LogP contribution is -2.40. The molecule has 2 aliphatic rings. The second-order valence-electron chi connectivity index (χ2n) is 7.27. The van der Waals surface area contributed by atoms with E-state index in [9.17, 15) is 9.59 Å². The van der Waals surface area contributed by atoms with Crippen molar-refractivity contribution in [3.8, 4) is 5.75 Å². The molecule has 6 heteroatoms. The normalized spacial score (nSPS) is 17.5. The van der Waals surface area contributed by atoms with E-state index in [4.69, 9.17) is 9.47 Å². The maximum Gasteiger partial charge on any atom is 0.282 e. The SMILES string of the molecule is CC(C)Oc1ccccc1N1C(=O)C(c2ccccc2)=C(N2CCOCC2)C1=O. The largest absolute Gasteiger partial charge is 0.489 e. The van der Waals surface area contributed by atoms with E-state index in [-0.39, 0.29) is 17.9 Å². The molecule has 0 atom stereocenters. The quantitative estimate of drug-likeness (QED) is 0.732. The minimum absolute atomic E-state index is 0.0794. The molecule has 0 spiro atoms. The average Bonchev–Trinajstić information content (AvgIpc) is 2.99. The highest BCUT2D eigenvalue weighted by molar-refractivity contribution is 6.45. The molecule has 0 aromatic heterocycles. The van der Waals surface area contributed by atoms with Gasteiger partial charge in [-0.2, -0.15) is 0 Å². The molecule has 0 aliphatic carbocycles. The van der Waals surface area contributed by atoms with E-state index < -0.39 is 0 Å². The van der Waals surface area contributed by atoms with Gasteiger partial charge in [0.05, 0.1) is 30.6 Å². The van der Waals surface area contributed by atoms with Gasteiger partial charge in [-0.1, -0.05) is 42.5 Å². The van der Waals surface area contributed by atoms with Crippen LogP contribution in [0.15, 0.2) is 60.3 Å². The smallest absolute Gasteiger partial charge is 0.282 e. The Balaban J connectivity index is 1.81. The highest BCUT2D eigenvalue weighted by Crippen LogP contribution is 2.39. The van der Waals surface area contributed by atoms with Gasteiger partial charge in [0, 0.05) is 13.1 Å². The van der Waals surface area contributed by atoms with Crippen LogP contribution in [0.1, 0.15) is 19.4 Å². The summed E-state index contributed by atoms with van der Waals surface area (Å²) >= 11 is 0. The number of ether oxygens (including phenoxy) is 2. The van der Waals surface area contributed by atoms with Gasteiger partial charge in [0.15, 0.2) is 0 Å². The maximum atomic E-state index is 13.5. The first-order valence-electron chi connectivity index (χ1n) is 9.85. The Morgan fingerprint density at radius 2 is 1.55 bits per heavy atom. The van der Waals surface area contributed by atoms with Crippen molar-refractivity contribution in [1.29, 1.82) is 0 Å². The Kier molecular flexibility index (Phi) is 5.36. The zero-order valence-corrected chi connectivity index (χ0v) is 16.6. The number of anilines is 1. The first-order valence-corrected chi connectivity index (χ1v) is 9.85. The molecule has 2 aromatic carbocycles. The molecular formula is C23H24N2O4. The highest BCUT2D eigenvalue weighted by Gasteiger charge is 2.43. The molecule has 2 amide bonds. The van der Waals surface area contributed by atoms with Gasteiger partial charge < -0.3 is 14.4 Å². The van der Waals surface area contributed by atoms with Crippen LogP contribution in [-0.2, 0) is 14.3 Å². The molecule has 0 bridgehead atoms. The van der Waals surface area contributed by atoms with Crippen LogP contribution in [0.2, 0.25) is 0 Å². The van der Waals surface area contributed by atoms with Crippen LogP contribution in [0.4, 0.5) is 5.69 Å². The van der Waals surface area contributed by atoms with E-state index in [2.05, 4.69) is 0 Å². The summed E-state index contributed by atoms with van der Waals surface area (Å²) in [4.78, 5) is 30.3. The van der Waals surface area contributed by atoms with Crippen molar-refractivity contribution in [3.05, 3.63) is 65.9 Å². The van der Waals surface area contributed by atoms with Gasteiger partial charge in [-0.3, -0.25) is 9.59 Å². The van der Waals surface area contributed by atoms with Crippen LogP contribution in [0.5, 0.6) is 5.75 Å². The van der Waals surface area contributed by atoms with Gasteiger partial charge >= 0.3 is 0 Å². The number of morpholine rings is 1. The lowest BCUT2D eigenvalue weighted by molar-refractivity contribution is -0.121. The van der Waals surface area contributed by atoms with Gasteiger partial charge in [0.1, 0.15) is 11.4 Å². The second kappa shape index (κ2) is 8.09. The first-order chi connectivity index (χ1) is 14.1. The summed E-state index contributed by atoms with van der Waals surface area (Å²) in [5, 5.41) is 0. The molecule has 2 aromatic rings. The standard InChI is InChI=1S/C23H24N2O4/c1-16(2)29-19-11-7-6-10-18(19)25-22(26)20(17-8-4-3-5-9-17)21(23(25)27)24-12-14-28-15-13-24/h3-11,16H,12-15H2,1-2H3. The van der Waals surface area contributed by atoms with Crippen molar-refractivity contribution in [2.24, 2.45) is 0 Å². The fraction of sp³-hybridized carbons (Fsp3) is 0.304. The number of hydrogen-bond donors (Lipinski definition) is 0. The van der Waals surface area contributed by atoms with Crippen molar-refractivity contribution in [1.82, 2.24) is 4.90 Å².